The number of hydrogen-bond donors (Lipinski definition) is 1. The normalized spacial score (nSPS) is 26.0. The number of aromatic nitrogens is 1. The Bertz CT molecular complexity index is 810. The molecule has 1 amide bonds. The zero-order valence-electron chi connectivity index (χ0n) is 17.4. The van der Waals surface area contributed by atoms with Gasteiger partial charge in [-0.1, -0.05) is 30.7 Å². The van der Waals surface area contributed by atoms with E-state index >= 15 is 0 Å². The number of Topliss-reactive ketones (excluding diaryl/α,β-unsaturated/α-hetero) is 1. The molecule has 5 nitrogen and oxygen atoms in total. The lowest BCUT2D eigenvalue weighted by molar-refractivity contribution is -0.130. The number of nitrogens with one attached hydrogen (secondary N) is 1. The van der Waals surface area contributed by atoms with Gasteiger partial charge in [-0.3, -0.25) is 9.59 Å². The van der Waals surface area contributed by atoms with Crippen LogP contribution in [-0.4, -0.2) is 29.3 Å². The van der Waals surface area contributed by atoms with Crippen molar-refractivity contribution in [1.82, 2.24) is 4.98 Å². The topological polar surface area (TPSA) is 62.3 Å². The second-order valence-corrected chi connectivity index (χ2v) is 8.46. The van der Waals surface area contributed by atoms with Gasteiger partial charge >= 0.3 is 0 Å². The molecular formula is C23H31N3O2. The first-order chi connectivity index (χ1) is 13.3. The van der Waals surface area contributed by atoms with Crippen LogP contribution in [0.15, 0.2) is 42.1 Å². The van der Waals surface area contributed by atoms with Crippen LogP contribution in [0.25, 0.3) is 0 Å². The minimum atomic E-state index is -0.170. The predicted molar refractivity (Wildman–Crippen MR) is 113 cm³/mol. The number of anilines is 2. The summed E-state index contributed by atoms with van der Waals surface area (Å²) in [6.45, 7) is 8.63. The smallest absolute Gasteiger partial charge is 0.229 e. The van der Waals surface area contributed by atoms with Crippen LogP contribution >= 0.6 is 0 Å². The summed E-state index contributed by atoms with van der Waals surface area (Å²) in [5.74, 6) is 1.33. The van der Waals surface area contributed by atoms with Gasteiger partial charge in [-0.2, -0.15) is 0 Å². The Kier molecular flexibility index (Phi) is 6.01. The van der Waals surface area contributed by atoms with E-state index in [1.54, 1.807) is 6.20 Å². The number of hydrogen-bond acceptors (Lipinski definition) is 4. The third kappa shape index (κ3) is 4.51. The van der Waals surface area contributed by atoms with Gasteiger partial charge in [0, 0.05) is 35.8 Å². The van der Waals surface area contributed by atoms with Crippen molar-refractivity contribution < 1.29 is 9.59 Å². The Morgan fingerprint density at radius 1 is 1.43 bits per heavy atom. The Morgan fingerprint density at radius 2 is 2.18 bits per heavy atom. The quantitative estimate of drug-likeness (QED) is 0.736. The summed E-state index contributed by atoms with van der Waals surface area (Å²) in [6, 6.07) is 4.06. The van der Waals surface area contributed by atoms with E-state index in [1.165, 1.54) is 12.8 Å². The summed E-state index contributed by atoms with van der Waals surface area (Å²) in [6.07, 6.45) is 11.1. The average Bonchev–Trinajstić information content (AvgIpc) is 3.48. The van der Waals surface area contributed by atoms with Gasteiger partial charge in [-0.25, -0.2) is 4.98 Å². The number of nitrogens with zero attached hydrogens (tertiary/aromatic N) is 2. The molecule has 0 spiro atoms. The highest BCUT2D eigenvalue weighted by Crippen LogP contribution is 2.51. The van der Waals surface area contributed by atoms with Crippen molar-refractivity contribution in [1.29, 1.82) is 0 Å². The lowest BCUT2D eigenvalue weighted by atomic mass is 9.72. The van der Waals surface area contributed by atoms with Crippen LogP contribution in [0.5, 0.6) is 0 Å². The number of amides is 1. The molecule has 5 heteroatoms. The van der Waals surface area contributed by atoms with E-state index in [-0.39, 0.29) is 17.4 Å². The Balaban J connectivity index is 1.68. The van der Waals surface area contributed by atoms with Crippen LogP contribution in [0.3, 0.4) is 0 Å². The summed E-state index contributed by atoms with van der Waals surface area (Å²) >= 11 is 0. The number of allylic oxidation sites excluding steroid dienone is 3. The van der Waals surface area contributed by atoms with Crippen molar-refractivity contribution in [2.75, 3.05) is 16.8 Å². The molecule has 1 N–H and O–H groups in total. The van der Waals surface area contributed by atoms with E-state index < -0.39 is 0 Å². The minimum absolute atomic E-state index is 0.0908. The van der Waals surface area contributed by atoms with Crippen molar-refractivity contribution in [2.45, 2.75) is 59.4 Å². The summed E-state index contributed by atoms with van der Waals surface area (Å²) in [5.41, 5.74) is 1.75. The monoisotopic (exact) mass is 381 g/mol. The van der Waals surface area contributed by atoms with Gasteiger partial charge < -0.3 is 10.2 Å². The SMILES string of the molecule is C/C=C\C=C(/C)CC(=O)Nc1cc(N2CC(=O)[C@](C)(C3CC3)C[C@@H]2C)ccn1. The second-order valence-electron chi connectivity index (χ2n) is 8.46. The molecule has 0 unspecified atom stereocenters. The second kappa shape index (κ2) is 8.29. The molecule has 1 saturated heterocycles. The molecule has 2 fully saturated rings. The largest absolute Gasteiger partial charge is 0.361 e. The molecule has 1 aromatic heterocycles. The summed E-state index contributed by atoms with van der Waals surface area (Å²) in [4.78, 5) is 31.5. The molecule has 0 aromatic carbocycles. The molecule has 1 saturated carbocycles. The van der Waals surface area contributed by atoms with Crippen LogP contribution in [0, 0.1) is 11.3 Å². The number of carbonyl (C=O) groups excluding carboxylic acids is 2. The first-order valence-corrected chi connectivity index (χ1v) is 10.2. The van der Waals surface area contributed by atoms with Crippen LogP contribution in [0.2, 0.25) is 0 Å². The molecule has 2 aliphatic rings. The number of ketones is 1. The number of piperidine rings is 1. The van der Waals surface area contributed by atoms with Crippen LogP contribution in [0.4, 0.5) is 11.5 Å². The van der Waals surface area contributed by atoms with E-state index in [2.05, 4.69) is 29.0 Å². The van der Waals surface area contributed by atoms with E-state index in [1.807, 2.05) is 44.2 Å². The number of pyridine rings is 1. The maximum absolute atomic E-state index is 12.9. The molecule has 150 valence electrons. The average molecular weight is 382 g/mol. The van der Waals surface area contributed by atoms with Gasteiger partial charge in [0.2, 0.25) is 5.91 Å². The van der Waals surface area contributed by atoms with Gasteiger partial charge in [0.15, 0.2) is 5.78 Å². The van der Waals surface area contributed by atoms with Crippen molar-refractivity contribution in [3.8, 4) is 0 Å². The third-order valence-electron chi connectivity index (χ3n) is 6.04. The fraction of sp³-hybridized carbons (Fsp3) is 0.522. The lowest BCUT2D eigenvalue weighted by Gasteiger charge is -2.44. The summed E-state index contributed by atoms with van der Waals surface area (Å²) < 4.78 is 0. The van der Waals surface area contributed by atoms with E-state index in [9.17, 15) is 9.59 Å². The fourth-order valence-electron chi connectivity index (χ4n) is 4.22. The maximum atomic E-state index is 12.9. The first-order valence-electron chi connectivity index (χ1n) is 10.2. The molecule has 28 heavy (non-hydrogen) atoms. The maximum Gasteiger partial charge on any atom is 0.229 e. The van der Waals surface area contributed by atoms with Gasteiger partial charge in [0.05, 0.1) is 6.54 Å². The Morgan fingerprint density at radius 3 is 2.86 bits per heavy atom. The van der Waals surface area contributed by atoms with E-state index in [0.717, 1.165) is 17.7 Å². The molecular weight excluding hydrogens is 350 g/mol. The van der Waals surface area contributed by atoms with E-state index in [0.29, 0.717) is 30.5 Å². The van der Waals surface area contributed by atoms with Gasteiger partial charge in [0.25, 0.3) is 0 Å². The highest BCUT2D eigenvalue weighted by molar-refractivity contribution is 5.93. The zero-order chi connectivity index (χ0) is 20.3. The first kappa shape index (κ1) is 20.3. The Labute approximate surface area is 167 Å². The van der Waals surface area contributed by atoms with Crippen molar-refractivity contribution in [3.05, 3.63) is 42.1 Å². The molecule has 1 aromatic rings. The molecule has 1 aliphatic heterocycles. The lowest BCUT2D eigenvalue weighted by Crippen LogP contribution is -2.52. The third-order valence-corrected chi connectivity index (χ3v) is 6.04. The summed E-state index contributed by atoms with van der Waals surface area (Å²) in [5, 5.41) is 2.87. The number of carbonyl (C=O) groups is 2. The van der Waals surface area contributed by atoms with Crippen LogP contribution < -0.4 is 10.2 Å². The zero-order valence-corrected chi connectivity index (χ0v) is 17.4. The molecule has 3 rings (SSSR count). The van der Waals surface area contributed by atoms with Gasteiger partial charge in [-0.05, 0) is 52.0 Å². The summed E-state index contributed by atoms with van der Waals surface area (Å²) in [7, 11) is 0. The predicted octanol–water partition coefficient (Wildman–Crippen LogP) is 4.52. The highest BCUT2D eigenvalue weighted by Gasteiger charge is 2.50. The molecule has 0 bridgehead atoms. The van der Waals surface area contributed by atoms with Crippen molar-refractivity contribution >= 4 is 23.2 Å². The standard InChI is InChI=1S/C23H31N3O2/c1-5-6-7-16(2)12-22(28)25-21-13-19(10-11-24-21)26-15-20(27)23(4,14-17(26)3)18-8-9-18/h5-7,10-11,13,17-18H,8-9,12,14-15H2,1-4H3,(H,24,25,28)/b6-5-,16-7+/t17-,23-/m0/s1. The highest BCUT2D eigenvalue weighted by atomic mass is 16.1. The van der Waals surface area contributed by atoms with E-state index in [4.69, 9.17) is 0 Å². The molecule has 0 radical (unpaired) electrons. The van der Waals surface area contributed by atoms with Crippen molar-refractivity contribution in [3.63, 3.8) is 0 Å². The number of rotatable bonds is 6. The fourth-order valence-corrected chi connectivity index (χ4v) is 4.22. The van der Waals surface area contributed by atoms with Crippen molar-refractivity contribution in [2.24, 2.45) is 11.3 Å². The Hall–Kier alpha value is -2.43. The molecule has 2 heterocycles. The molecule has 1 aliphatic carbocycles. The van der Waals surface area contributed by atoms with Gasteiger partial charge in [-0.15, -0.1) is 0 Å². The molecule has 2 atom stereocenters. The van der Waals surface area contributed by atoms with Crippen LogP contribution in [-0.2, 0) is 9.59 Å². The van der Waals surface area contributed by atoms with Gasteiger partial charge in [0.1, 0.15) is 5.82 Å². The van der Waals surface area contributed by atoms with Crippen LogP contribution in [0.1, 0.15) is 53.4 Å². The minimum Gasteiger partial charge on any atom is -0.361 e.